The van der Waals surface area contributed by atoms with Gasteiger partial charge >= 0.3 is 0 Å². The van der Waals surface area contributed by atoms with Crippen LogP contribution < -0.4 is 10.6 Å². The largest absolute Gasteiger partial charge is 0.376 e. The van der Waals surface area contributed by atoms with Crippen molar-refractivity contribution >= 4 is 46.6 Å². The van der Waals surface area contributed by atoms with E-state index >= 15 is 0 Å². The Bertz CT molecular complexity index is 1220. The smallest absolute Gasteiger partial charge is 0.265 e. The lowest BCUT2D eigenvalue weighted by molar-refractivity contribution is -0.152. The van der Waals surface area contributed by atoms with Gasteiger partial charge in [0.1, 0.15) is 10.9 Å². The van der Waals surface area contributed by atoms with Crippen molar-refractivity contribution in [3.8, 4) is 0 Å². The molecule has 0 radical (unpaired) electrons. The van der Waals surface area contributed by atoms with Crippen LogP contribution in [0.15, 0.2) is 0 Å². The number of aromatic nitrogens is 1. The Kier molecular flexibility index (Phi) is 8.94. The van der Waals surface area contributed by atoms with Gasteiger partial charge in [-0.25, -0.2) is 4.98 Å². The molecule has 1 spiro atoms. The number of halogens is 1. The minimum Gasteiger partial charge on any atom is -0.376 e. The molecule has 2 N–H and O–H groups in total. The van der Waals surface area contributed by atoms with Gasteiger partial charge in [0.05, 0.1) is 17.7 Å². The van der Waals surface area contributed by atoms with E-state index in [0.717, 1.165) is 30.6 Å². The number of likely N-dealkylation sites (N-methyl/N-ethyl adjacent to an activating group) is 1. The van der Waals surface area contributed by atoms with Crippen LogP contribution in [0, 0.1) is 35.5 Å². The second kappa shape index (κ2) is 12.0. The molecule has 0 unspecified atom stereocenters. The molecule has 3 heterocycles. The highest BCUT2D eigenvalue weighted by Gasteiger charge is 2.62. The Labute approximate surface area is 257 Å². The first kappa shape index (κ1) is 31.2. The predicted molar refractivity (Wildman–Crippen MR) is 160 cm³/mol. The zero-order valence-corrected chi connectivity index (χ0v) is 26.9. The summed E-state index contributed by atoms with van der Waals surface area (Å²) in [6.45, 7) is 9.65. The molecule has 2 aliphatic carbocycles. The number of carbonyl (C=O) groups is 4. The summed E-state index contributed by atoms with van der Waals surface area (Å²) in [6, 6.07) is -0.875. The average molecular weight is 622 g/mol. The van der Waals surface area contributed by atoms with Gasteiger partial charge in [0.25, 0.3) is 5.91 Å². The van der Waals surface area contributed by atoms with E-state index in [1.807, 2.05) is 11.8 Å². The topological polar surface area (TPSA) is 121 Å². The molecule has 4 amide bonds. The van der Waals surface area contributed by atoms with Gasteiger partial charge in [-0.1, -0.05) is 56.0 Å². The van der Waals surface area contributed by atoms with E-state index in [9.17, 15) is 19.2 Å². The van der Waals surface area contributed by atoms with E-state index < -0.39 is 23.5 Å². The minimum atomic E-state index is -0.875. The van der Waals surface area contributed by atoms with Crippen LogP contribution in [-0.4, -0.2) is 90.4 Å². The summed E-state index contributed by atoms with van der Waals surface area (Å²) >= 11 is 7.22. The fourth-order valence-corrected chi connectivity index (χ4v) is 8.15. The lowest BCUT2D eigenvalue weighted by Crippen LogP contribution is -2.65. The number of rotatable bonds is 9. The Morgan fingerprint density at radius 1 is 1.10 bits per heavy atom. The number of hydrogen-bond acceptors (Lipinski definition) is 7. The molecule has 42 heavy (non-hydrogen) atoms. The highest BCUT2D eigenvalue weighted by Crippen LogP contribution is 2.54. The number of carbonyl (C=O) groups excluding carboxylic acids is 4. The third-order valence-electron chi connectivity index (χ3n) is 9.97. The lowest BCUT2D eigenvalue weighted by Gasteiger charge is -2.50. The second-order valence-electron chi connectivity index (χ2n) is 13.6. The van der Waals surface area contributed by atoms with E-state index in [4.69, 9.17) is 16.3 Å². The van der Waals surface area contributed by atoms with Gasteiger partial charge in [0.2, 0.25) is 17.7 Å². The number of thiazole rings is 1. The molecule has 2 saturated carbocycles. The minimum absolute atomic E-state index is 0.00282. The molecular weight excluding hydrogens is 578 g/mol. The van der Waals surface area contributed by atoms with Crippen molar-refractivity contribution in [1.82, 2.24) is 25.4 Å². The Morgan fingerprint density at radius 3 is 2.31 bits per heavy atom. The highest BCUT2D eigenvalue weighted by molar-refractivity contribution is 7.17. The maximum absolute atomic E-state index is 14.0. The molecule has 12 heteroatoms. The van der Waals surface area contributed by atoms with Crippen LogP contribution in [0.25, 0.3) is 0 Å². The first-order chi connectivity index (χ1) is 19.8. The fraction of sp³-hybridized carbons (Fsp3) is 0.767. The molecule has 0 aromatic carbocycles. The standard InChI is InChI=1S/C30H44ClN5O5S/c1-17-23(42-28(31)33-17)27(40)35-12-21(30(14-35)15-36(16-30)26(39)20-11-29(20,3)4)24(37)34-22(25(38)32-5)18(2)41-13-19-9-7-6-8-10-19/h18-22H,6-16H2,1-5H3,(H,32,38)(H,34,37)/t18-,20-,21-,22+/m1/s1. The van der Waals surface area contributed by atoms with Crippen molar-refractivity contribution in [2.45, 2.75) is 78.4 Å². The first-order valence-corrected chi connectivity index (χ1v) is 16.4. The molecule has 1 aromatic rings. The summed E-state index contributed by atoms with van der Waals surface area (Å²) in [5.74, 6) is -0.833. The zero-order chi connectivity index (χ0) is 30.4. The lowest BCUT2D eigenvalue weighted by atomic mass is 9.70. The number of likely N-dealkylation sites (tertiary alicyclic amines) is 2. The van der Waals surface area contributed by atoms with Crippen LogP contribution in [0.3, 0.4) is 0 Å². The van der Waals surface area contributed by atoms with Crippen molar-refractivity contribution in [3.05, 3.63) is 15.0 Å². The monoisotopic (exact) mass is 621 g/mol. The Balaban J connectivity index is 1.31. The average Bonchev–Trinajstić information content (AvgIpc) is 3.24. The summed E-state index contributed by atoms with van der Waals surface area (Å²) < 4.78 is 6.44. The summed E-state index contributed by atoms with van der Waals surface area (Å²) in [4.78, 5) is 61.8. The predicted octanol–water partition coefficient (Wildman–Crippen LogP) is 3.27. The van der Waals surface area contributed by atoms with Crippen LogP contribution in [0.2, 0.25) is 4.47 Å². The molecule has 2 saturated heterocycles. The molecule has 4 atom stereocenters. The summed E-state index contributed by atoms with van der Waals surface area (Å²) in [7, 11) is 1.55. The number of ether oxygens (including phenoxy) is 1. The van der Waals surface area contributed by atoms with Gasteiger partial charge in [-0.3, -0.25) is 19.2 Å². The van der Waals surface area contributed by atoms with Crippen molar-refractivity contribution < 1.29 is 23.9 Å². The van der Waals surface area contributed by atoms with E-state index in [2.05, 4.69) is 29.5 Å². The summed E-state index contributed by atoms with van der Waals surface area (Å²) in [6.07, 6.45) is 6.23. The highest BCUT2D eigenvalue weighted by atomic mass is 35.5. The van der Waals surface area contributed by atoms with Crippen molar-refractivity contribution in [2.75, 3.05) is 39.8 Å². The van der Waals surface area contributed by atoms with Crippen LogP contribution in [0.5, 0.6) is 0 Å². The number of amides is 4. The maximum Gasteiger partial charge on any atom is 0.265 e. The third kappa shape index (κ3) is 6.19. The molecule has 5 rings (SSSR count). The molecular formula is C30H44ClN5O5S. The molecule has 0 bridgehead atoms. The van der Waals surface area contributed by atoms with Crippen LogP contribution in [0.1, 0.15) is 74.7 Å². The van der Waals surface area contributed by atoms with Crippen LogP contribution >= 0.6 is 22.9 Å². The summed E-state index contributed by atoms with van der Waals surface area (Å²) in [5, 5.41) is 5.64. The zero-order valence-electron chi connectivity index (χ0n) is 25.3. The SMILES string of the molecule is CNC(=O)[C@@H](NC(=O)[C@H]1CN(C(=O)c2sc(Cl)nc2C)CC12CN(C(=O)[C@H]1CC1(C)C)C2)[C@@H](C)OCC1CCCCC1. The van der Waals surface area contributed by atoms with Gasteiger partial charge in [0, 0.05) is 51.2 Å². The Morgan fingerprint density at radius 2 is 1.74 bits per heavy atom. The fourth-order valence-electron chi connectivity index (χ4n) is 7.03. The molecule has 4 fully saturated rings. The van der Waals surface area contributed by atoms with Crippen molar-refractivity contribution in [1.29, 1.82) is 0 Å². The maximum atomic E-state index is 14.0. The third-order valence-corrected chi connectivity index (χ3v) is 11.2. The number of aryl methyl sites for hydroxylation is 1. The molecule has 1 aromatic heterocycles. The number of hydrogen-bond donors (Lipinski definition) is 2. The Hall–Kier alpha value is -2.24. The first-order valence-electron chi connectivity index (χ1n) is 15.2. The molecule has 2 aliphatic heterocycles. The molecule has 10 nitrogen and oxygen atoms in total. The van der Waals surface area contributed by atoms with E-state index in [0.29, 0.717) is 47.2 Å². The van der Waals surface area contributed by atoms with E-state index in [-0.39, 0.29) is 41.5 Å². The molecule has 232 valence electrons. The van der Waals surface area contributed by atoms with Crippen LogP contribution in [0.4, 0.5) is 0 Å². The number of nitrogens with zero attached hydrogens (tertiary/aromatic N) is 3. The second-order valence-corrected chi connectivity index (χ2v) is 15.1. The summed E-state index contributed by atoms with van der Waals surface area (Å²) in [5.41, 5.74) is -0.0240. The van der Waals surface area contributed by atoms with Crippen LogP contribution in [-0.2, 0) is 19.1 Å². The van der Waals surface area contributed by atoms with E-state index in [1.165, 1.54) is 19.3 Å². The van der Waals surface area contributed by atoms with Crippen molar-refractivity contribution in [2.24, 2.45) is 28.6 Å². The van der Waals surface area contributed by atoms with Gasteiger partial charge in [-0.2, -0.15) is 0 Å². The van der Waals surface area contributed by atoms with Crippen molar-refractivity contribution in [3.63, 3.8) is 0 Å². The molecule has 4 aliphatic rings. The van der Waals surface area contributed by atoms with E-state index in [1.54, 1.807) is 18.9 Å². The van der Waals surface area contributed by atoms with Gasteiger partial charge in [-0.15, -0.1) is 0 Å². The van der Waals surface area contributed by atoms with Gasteiger partial charge < -0.3 is 25.2 Å². The number of nitrogens with one attached hydrogen (secondary N) is 2. The normalized spacial score (nSPS) is 26.0. The van der Waals surface area contributed by atoms with Gasteiger partial charge in [0.15, 0.2) is 4.47 Å². The van der Waals surface area contributed by atoms with Gasteiger partial charge in [-0.05, 0) is 44.4 Å². The quantitative estimate of drug-likeness (QED) is 0.437.